The first-order chi connectivity index (χ1) is 6.73. The first kappa shape index (κ1) is 9.84. The highest BCUT2D eigenvalue weighted by Gasteiger charge is 2.35. The van der Waals surface area contributed by atoms with E-state index < -0.39 is 5.79 Å². The fourth-order valence-corrected chi connectivity index (χ4v) is 1.88. The largest absolute Gasteiger partial charge is 0.449 e. The minimum absolute atomic E-state index is 0.475. The van der Waals surface area contributed by atoms with Crippen molar-refractivity contribution in [3.05, 3.63) is 24.3 Å². The Labute approximate surface area is 92.3 Å². The van der Waals surface area contributed by atoms with Gasteiger partial charge in [0, 0.05) is 18.7 Å². The topological polar surface area (TPSA) is 18.5 Å². The van der Waals surface area contributed by atoms with Gasteiger partial charge in [-0.2, -0.15) is 0 Å². The Hall–Kier alpha value is -0.700. The van der Waals surface area contributed by atoms with Crippen LogP contribution in [0.15, 0.2) is 24.3 Å². The third-order valence-corrected chi connectivity index (χ3v) is 2.83. The Bertz CT molecular complexity index is 300. The molecule has 3 heteroatoms. The predicted molar refractivity (Wildman–Crippen MR) is 59.1 cm³/mol. The van der Waals surface area contributed by atoms with Crippen LogP contribution >= 0.6 is 15.9 Å². The van der Waals surface area contributed by atoms with Crippen LogP contribution in [-0.2, 0) is 0 Å². The molecule has 0 amide bonds. The zero-order chi connectivity index (χ0) is 10.0. The van der Waals surface area contributed by atoms with Crippen molar-refractivity contribution in [1.82, 2.24) is 0 Å². The van der Waals surface area contributed by atoms with Gasteiger partial charge in [-0.3, -0.25) is 0 Å². The molecule has 0 unspecified atom stereocenters. The van der Waals surface area contributed by atoms with E-state index in [1.54, 1.807) is 0 Å². The van der Waals surface area contributed by atoms with Crippen molar-refractivity contribution in [2.24, 2.45) is 0 Å². The van der Waals surface area contributed by atoms with Crippen LogP contribution < -0.4 is 9.47 Å². The third kappa shape index (κ3) is 1.87. The monoisotopic (exact) mass is 256 g/mol. The summed E-state index contributed by atoms with van der Waals surface area (Å²) in [6.45, 7) is 1.98. The van der Waals surface area contributed by atoms with E-state index in [1.165, 1.54) is 0 Å². The standard InChI is InChI=1S/C11H13BrO2/c1-11(7-4-8-12)13-9-5-2-3-6-10(9)14-11/h2-3,5-6H,4,7-8H2,1H3. The van der Waals surface area contributed by atoms with Crippen LogP contribution in [0.3, 0.4) is 0 Å². The molecule has 0 fully saturated rings. The van der Waals surface area contributed by atoms with E-state index in [1.807, 2.05) is 31.2 Å². The molecular weight excluding hydrogens is 244 g/mol. The van der Waals surface area contributed by atoms with E-state index in [4.69, 9.17) is 9.47 Å². The number of halogens is 1. The van der Waals surface area contributed by atoms with Gasteiger partial charge in [-0.25, -0.2) is 0 Å². The van der Waals surface area contributed by atoms with Crippen LogP contribution in [0, 0.1) is 0 Å². The summed E-state index contributed by atoms with van der Waals surface area (Å²) < 4.78 is 11.5. The molecule has 76 valence electrons. The molecule has 0 radical (unpaired) electrons. The Balaban J connectivity index is 2.09. The molecule has 0 N–H and O–H groups in total. The Morgan fingerprint density at radius 2 is 1.79 bits per heavy atom. The van der Waals surface area contributed by atoms with Gasteiger partial charge < -0.3 is 9.47 Å². The lowest BCUT2D eigenvalue weighted by atomic mass is 10.2. The maximum Gasteiger partial charge on any atom is 0.248 e. The summed E-state index contributed by atoms with van der Waals surface area (Å²) in [5, 5.41) is 0.978. The van der Waals surface area contributed by atoms with Crippen molar-refractivity contribution in [3.8, 4) is 11.5 Å². The number of ether oxygens (including phenoxy) is 2. The van der Waals surface area contributed by atoms with E-state index in [2.05, 4.69) is 15.9 Å². The van der Waals surface area contributed by atoms with Gasteiger partial charge in [-0.1, -0.05) is 28.1 Å². The zero-order valence-corrected chi connectivity index (χ0v) is 9.71. The highest BCUT2D eigenvalue weighted by molar-refractivity contribution is 9.09. The van der Waals surface area contributed by atoms with Gasteiger partial charge in [0.1, 0.15) is 0 Å². The second-order valence-corrected chi connectivity index (χ2v) is 4.37. The minimum atomic E-state index is -0.475. The van der Waals surface area contributed by atoms with Gasteiger partial charge in [0.15, 0.2) is 11.5 Å². The van der Waals surface area contributed by atoms with Crippen LogP contribution in [0.1, 0.15) is 19.8 Å². The minimum Gasteiger partial charge on any atom is -0.449 e. The molecule has 1 aliphatic rings. The molecular formula is C11H13BrO2. The van der Waals surface area contributed by atoms with Crippen molar-refractivity contribution < 1.29 is 9.47 Å². The molecule has 2 rings (SSSR count). The molecule has 0 bridgehead atoms. The highest BCUT2D eigenvalue weighted by atomic mass is 79.9. The second-order valence-electron chi connectivity index (χ2n) is 3.58. The fourth-order valence-electron chi connectivity index (χ4n) is 1.59. The molecule has 0 aromatic heterocycles. The lowest BCUT2D eigenvalue weighted by molar-refractivity contribution is -0.0681. The van der Waals surface area contributed by atoms with E-state index in [0.717, 1.165) is 29.7 Å². The van der Waals surface area contributed by atoms with Crippen LogP contribution in [0.4, 0.5) is 0 Å². The van der Waals surface area contributed by atoms with Crippen LogP contribution in [-0.4, -0.2) is 11.1 Å². The number of benzene rings is 1. The summed E-state index contributed by atoms with van der Waals surface area (Å²) in [6.07, 6.45) is 1.94. The molecule has 14 heavy (non-hydrogen) atoms. The summed E-state index contributed by atoms with van der Waals surface area (Å²) in [5.41, 5.74) is 0. The summed E-state index contributed by atoms with van der Waals surface area (Å²) in [6, 6.07) is 7.79. The van der Waals surface area contributed by atoms with Gasteiger partial charge in [-0.15, -0.1) is 0 Å². The molecule has 0 atom stereocenters. The van der Waals surface area contributed by atoms with Gasteiger partial charge in [0.05, 0.1) is 0 Å². The average molecular weight is 257 g/mol. The maximum absolute atomic E-state index is 5.75. The second kappa shape index (κ2) is 3.81. The van der Waals surface area contributed by atoms with Crippen LogP contribution in [0.5, 0.6) is 11.5 Å². The van der Waals surface area contributed by atoms with E-state index in [9.17, 15) is 0 Å². The van der Waals surface area contributed by atoms with Crippen molar-refractivity contribution in [1.29, 1.82) is 0 Å². The molecule has 0 aliphatic carbocycles. The first-order valence-corrected chi connectivity index (χ1v) is 5.89. The molecule has 1 aromatic rings. The van der Waals surface area contributed by atoms with Crippen molar-refractivity contribution >= 4 is 15.9 Å². The summed E-state index contributed by atoms with van der Waals surface area (Å²) in [4.78, 5) is 0. The summed E-state index contributed by atoms with van der Waals surface area (Å²) in [5.74, 6) is 1.23. The Morgan fingerprint density at radius 3 is 2.29 bits per heavy atom. The van der Waals surface area contributed by atoms with E-state index in [0.29, 0.717) is 0 Å². The normalized spacial score (nSPS) is 17.0. The molecule has 0 saturated carbocycles. The average Bonchev–Trinajstić information content (AvgIpc) is 2.51. The molecule has 1 heterocycles. The predicted octanol–water partition coefficient (Wildman–Crippen LogP) is 3.35. The van der Waals surface area contributed by atoms with Crippen molar-refractivity contribution in [2.75, 3.05) is 5.33 Å². The first-order valence-electron chi connectivity index (χ1n) is 4.76. The van der Waals surface area contributed by atoms with Crippen molar-refractivity contribution in [3.63, 3.8) is 0 Å². The summed E-state index contributed by atoms with van der Waals surface area (Å²) >= 11 is 3.40. The molecule has 1 aliphatic heterocycles. The number of para-hydroxylation sites is 2. The molecule has 1 aromatic carbocycles. The highest BCUT2D eigenvalue weighted by Crippen LogP contribution is 2.40. The van der Waals surface area contributed by atoms with Gasteiger partial charge >= 0.3 is 0 Å². The van der Waals surface area contributed by atoms with E-state index >= 15 is 0 Å². The quantitative estimate of drug-likeness (QED) is 0.773. The lowest BCUT2D eigenvalue weighted by Crippen LogP contribution is -2.34. The molecule has 0 saturated heterocycles. The Morgan fingerprint density at radius 1 is 1.21 bits per heavy atom. The molecule has 0 spiro atoms. The van der Waals surface area contributed by atoms with Gasteiger partial charge in [0.2, 0.25) is 5.79 Å². The lowest BCUT2D eigenvalue weighted by Gasteiger charge is -2.22. The van der Waals surface area contributed by atoms with Crippen LogP contribution in [0.2, 0.25) is 0 Å². The Kier molecular flexibility index (Phi) is 2.68. The number of fused-ring (bicyclic) bond motifs is 1. The third-order valence-electron chi connectivity index (χ3n) is 2.27. The zero-order valence-electron chi connectivity index (χ0n) is 8.13. The smallest absolute Gasteiger partial charge is 0.248 e. The maximum atomic E-state index is 5.75. The summed E-state index contributed by atoms with van der Waals surface area (Å²) in [7, 11) is 0. The number of hydrogen-bond acceptors (Lipinski definition) is 2. The SMILES string of the molecule is CC1(CCCBr)Oc2ccccc2O1. The fraction of sp³-hybridized carbons (Fsp3) is 0.455. The molecule has 2 nitrogen and oxygen atoms in total. The number of hydrogen-bond donors (Lipinski definition) is 0. The van der Waals surface area contributed by atoms with E-state index in [-0.39, 0.29) is 0 Å². The number of rotatable bonds is 3. The van der Waals surface area contributed by atoms with Gasteiger partial charge in [-0.05, 0) is 18.6 Å². The van der Waals surface area contributed by atoms with Crippen LogP contribution in [0.25, 0.3) is 0 Å². The number of alkyl halides is 1. The van der Waals surface area contributed by atoms with Crippen molar-refractivity contribution in [2.45, 2.75) is 25.6 Å². The van der Waals surface area contributed by atoms with Gasteiger partial charge in [0.25, 0.3) is 0 Å².